The first-order valence-corrected chi connectivity index (χ1v) is 6.54. The monoisotopic (exact) mass is 521 g/mol. The Bertz CT molecular complexity index is 583. The van der Waals surface area contributed by atoms with Crippen molar-refractivity contribution in [2.24, 2.45) is 0 Å². The molecule has 0 aliphatic carbocycles. The third-order valence-electron chi connectivity index (χ3n) is 3.41. The van der Waals surface area contributed by atoms with E-state index in [0.29, 0.717) is 0 Å². The van der Waals surface area contributed by atoms with E-state index in [-0.39, 0.29) is 77.8 Å². The molecule has 0 radical (unpaired) electrons. The predicted octanol–water partition coefficient (Wildman–Crippen LogP) is 8.29. The first-order valence-electron chi connectivity index (χ1n) is 6.54. The van der Waals surface area contributed by atoms with Crippen molar-refractivity contribution in [3.05, 3.63) is 123 Å². The van der Waals surface area contributed by atoms with Gasteiger partial charge in [-0.1, -0.05) is 24.5 Å². The Hall–Kier alpha value is -0.950. The summed E-state index contributed by atoms with van der Waals surface area (Å²) in [5.74, 6) is 0. The van der Waals surface area contributed by atoms with E-state index in [1.54, 1.807) is 0 Å². The standard InChI is InChI=1S/C13H15.C5H5.7CH3.Hf/c1-4-11-5-6-12-7-9(2)10(3)8-13(11)12;1-2-4-5-3-1;;;;;;;;/h5-8H,4H2,1-3H3;1-5H;7*1H3;/q9*-1;. The van der Waals surface area contributed by atoms with Gasteiger partial charge in [-0.3, -0.25) is 0 Å². The van der Waals surface area contributed by atoms with Crippen LogP contribution < -0.4 is 0 Å². The SMILES string of the molecule is CC[c-]1ccc2cc(C)c(C)cc21.[CH3-].[CH3-].[CH3-].[CH3-].[CH3-].[CH3-].[CH3-].[Hf].c1cc[cH-]c1. The van der Waals surface area contributed by atoms with Gasteiger partial charge in [-0.2, -0.15) is 24.3 Å². The number of hydrogen-bond donors (Lipinski definition) is 0. The number of hydrogen-bond acceptors (Lipinski definition) is 0. The quantitative estimate of drug-likeness (QED) is 0.224. The Morgan fingerprint density at radius 2 is 1.27 bits per heavy atom. The van der Waals surface area contributed by atoms with E-state index < -0.39 is 0 Å². The van der Waals surface area contributed by atoms with Gasteiger partial charge >= 0.3 is 0 Å². The summed E-state index contributed by atoms with van der Waals surface area (Å²) in [5.41, 5.74) is 4.26. The maximum atomic E-state index is 2.31. The Morgan fingerprint density at radius 3 is 1.65 bits per heavy atom. The van der Waals surface area contributed by atoms with Crippen molar-refractivity contribution in [3.63, 3.8) is 0 Å². The number of rotatable bonds is 1. The Morgan fingerprint density at radius 1 is 0.808 bits per heavy atom. The third-order valence-corrected chi connectivity index (χ3v) is 3.41. The molecule has 0 nitrogen and oxygen atoms in total. The van der Waals surface area contributed by atoms with Gasteiger partial charge in [0, 0.05) is 25.8 Å². The van der Waals surface area contributed by atoms with E-state index in [1.165, 1.54) is 27.5 Å². The van der Waals surface area contributed by atoms with Crippen molar-refractivity contribution in [2.45, 2.75) is 27.2 Å². The van der Waals surface area contributed by atoms with Crippen molar-refractivity contribution < 1.29 is 25.8 Å². The Labute approximate surface area is 186 Å². The summed E-state index contributed by atoms with van der Waals surface area (Å²) < 4.78 is 0. The summed E-state index contributed by atoms with van der Waals surface area (Å²) in [5, 5.41) is 2.82. The second kappa shape index (κ2) is 22.1. The van der Waals surface area contributed by atoms with Crippen LogP contribution in [-0.4, -0.2) is 0 Å². The van der Waals surface area contributed by atoms with Crippen molar-refractivity contribution >= 4 is 10.8 Å². The fourth-order valence-electron chi connectivity index (χ4n) is 2.16. The summed E-state index contributed by atoms with van der Waals surface area (Å²) in [4.78, 5) is 0. The number of benzene rings is 1. The van der Waals surface area contributed by atoms with E-state index in [4.69, 9.17) is 0 Å². The zero-order valence-corrected chi connectivity index (χ0v) is 22.5. The summed E-state index contributed by atoms with van der Waals surface area (Å²) in [7, 11) is 0. The Kier molecular flexibility index (Phi) is 37.8. The largest absolute Gasteiger partial charge is 0.358 e. The first-order chi connectivity index (χ1) is 8.72. The van der Waals surface area contributed by atoms with Gasteiger partial charge in [-0.25, -0.2) is 12.1 Å². The summed E-state index contributed by atoms with van der Waals surface area (Å²) >= 11 is 0. The van der Waals surface area contributed by atoms with Crippen LogP contribution in [0.15, 0.2) is 54.6 Å². The number of fused-ring (bicyclic) bond motifs is 1. The van der Waals surface area contributed by atoms with Crippen LogP contribution in [0.4, 0.5) is 0 Å². The molecule has 0 saturated heterocycles. The van der Waals surface area contributed by atoms with Crippen LogP contribution in [0, 0.1) is 65.8 Å². The van der Waals surface area contributed by atoms with Crippen LogP contribution >= 0.6 is 0 Å². The second-order valence-corrected chi connectivity index (χ2v) is 4.70. The van der Waals surface area contributed by atoms with Crippen LogP contribution in [0.2, 0.25) is 0 Å². The van der Waals surface area contributed by atoms with Crippen molar-refractivity contribution in [1.82, 2.24) is 0 Å². The molecule has 0 bridgehead atoms. The first kappa shape index (κ1) is 44.5. The minimum atomic E-state index is 0. The fraction of sp³-hybridized carbons (Fsp3) is 0.160. The molecule has 0 saturated carbocycles. The van der Waals surface area contributed by atoms with Crippen LogP contribution in [0.3, 0.4) is 0 Å². The summed E-state index contributed by atoms with van der Waals surface area (Å²) in [6.45, 7) is 6.57. The molecule has 3 aromatic carbocycles. The molecule has 1 heteroatoms. The van der Waals surface area contributed by atoms with E-state index in [9.17, 15) is 0 Å². The topological polar surface area (TPSA) is 0 Å². The molecule has 154 valence electrons. The van der Waals surface area contributed by atoms with Gasteiger partial charge < -0.3 is 52.0 Å². The molecule has 0 atom stereocenters. The van der Waals surface area contributed by atoms with Gasteiger partial charge in [0.2, 0.25) is 0 Å². The van der Waals surface area contributed by atoms with E-state index in [1.807, 2.05) is 30.3 Å². The van der Waals surface area contributed by atoms with E-state index in [0.717, 1.165) is 6.42 Å². The van der Waals surface area contributed by atoms with Gasteiger partial charge in [-0.15, -0.1) is 34.5 Å². The van der Waals surface area contributed by atoms with Gasteiger partial charge in [0.05, 0.1) is 0 Å². The molecule has 3 aromatic rings. The second-order valence-electron chi connectivity index (χ2n) is 4.70. The minimum Gasteiger partial charge on any atom is -0.358 e. The van der Waals surface area contributed by atoms with E-state index >= 15 is 0 Å². The maximum Gasteiger partial charge on any atom is 0 e. The molecule has 0 amide bonds. The Balaban J connectivity index is -0.0000000500. The molecular weight excluding hydrogens is 479 g/mol. The van der Waals surface area contributed by atoms with Crippen LogP contribution in [-0.2, 0) is 32.3 Å². The predicted molar refractivity (Wildman–Crippen MR) is 125 cm³/mol. The normalized spacial score (nSPS) is 7.04. The molecule has 0 fully saturated rings. The molecule has 0 spiro atoms. The molecule has 0 aliphatic heterocycles. The molecule has 0 N–H and O–H groups in total. The fourth-order valence-corrected chi connectivity index (χ4v) is 2.16. The van der Waals surface area contributed by atoms with Gasteiger partial charge in [0.1, 0.15) is 0 Å². The molecule has 0 aromatic heterocycles. The number of aryl methyl sites for hydroxylation is 3. The summed E-state index contributed by atoms with van der Waals surface area (Å²) in [6, 6.07) is 19.1. The molecule has 0 aliphatic rings. The van der Waals surface area contributed by atoms with Crippen molar-refractivity contribution in [2.75, 3.05) is 0 Å². The van der Waals surface area contributed by atoms with Crippen LogP contribution in [0.1, 0.15) is 23.6 Å². The molecule has 0 heterocycles. The zero-order chi connectivity index (χ0) is 13.0. The van der Waals surface area contributed by atoms with Crippen LogP contribution in [0.5, 0.6) is 0 Å². The smallest absolute Gasteiger partial charge is 0 e. The zero-order valence-electron chi connectivity index (χ0n) is 18.9. The van der Waals surface area contributed by atoms with Gasteiger partial charge in [0.25, 0.3) is 0 Å². The van der Waals surface area contributed by atoms with E-state index in [2.05, 4.69) is 45.0 Å². The van der Waals surface area contributed by atoms with Gasteiger partial charge in [-0.05, 0) is 13.8 Å². The van der Waals surface area contributed by atoms with Crippen molar-refractivity contribution in [3.8, 4) is 0 Å². The third kappa shape index (κ3) is 11.6. The molecule has 26 heavy (non-hydrogen) atoms. The average molecular weight is 520 g/mol. The average Bonchev–Trinajstić information content (AvgIpc) is 3.02. The maximum absolute atomic E-state index is 2.31. The minimum absolute atomic E-state index is 0. The molecular formula is C25H41Hf-9. The van der Waals surface area contributed by atoms with Gasteiger partial charge in [0.15, 0.2) is 0 Å². The molecule has 3 rings (SSSR count). The van der Waals surface area contributed by atoms with Crippen molar-refractivity contribution in [1.29, 1.82) is 0 Å². The summed E-state index contributed by atoms with van der Waals surface area (Å²) in [6.07, 6.45) is 1.13. The van der Waals surface area contributed by atoms with Crippen LogP contribution in [0.25, 0.3) is 10.8 Å². The molecule has 0 unspecified atom stereocenters.